The number of carbonyl (C=O) groups excluding carboxylic acids is 1. The van der Waals surface area contributed by atoms with Gasteiger partial charge in [0, 0.05) is 13.1 Å². The highest BCUT2D eigenvalue weighted by molar-refractivity contribution is 5.79. The molecule has 1 amide bonds. The van der Waals surface area contributed by atoms with E-state index in [4.69, 9.17) is 0 Å². The van der Waals surface area contributed by atoms with Crippen molar-refractivity contribution in [1.82, 2.24) is 10.6 Å². The molecular formula is C13H26N2O. The van der Waals surface area contributed by atoms with E-state index < -0.39 is 0 Å². The fraction of sp³-hybridized carbons (Fsp3) is 0.923. The Bertz CT molecular complexity index is 238. The summed E-state index contributed by atoms with van der Waals surface area (Å²) < 4.78 is 0. The summed E-state index contributed by atoms with van der Waals surface area (Å²) in [5, 5.41) is 6.40. The molecule has 1 fully saturated rings. The predicted octanol–water partition coefficient (Wildman–Crippen LogP) is 1.78. The van der Waals surface area contributed by atoms with E-state index in [-0.39, 0.29) is 17.2 Å². The Balaban J connectivity index is 2.34. The second kappa shape index (κ2) is 5.67. The minimum absolute atomic E-state index is 0.163. The van der Waals surface area contributed by atoms with Crippen LogP contribution < -0.4 is 10.6 Å². The maximum absolute atomic E-state index is 12.0. The lowest BCUT2D eigenvalue weighted by Gasteiger charge is -2.29. The van der Waals surface area contributed by atoms with Crippen LogP contribution in [0.15, 0.2) is 0 Å². The molecule has 16 heavy (non-hydrogen) atoms. The molecule has 0 aromatic carbocycles. The van der Waals surface area contributed by atoms with Crippen molar-refractivity contribution in [3.8, 4) is 0 Å². The summed E-state index contributed by atoms with van der Waals surface area (Å²) in [6.45, 7) is 11.4. The van der Waals surface area contributed by atoms with Crippen LogP contribution in [0.2, 0.25) is 0 Å². The van der Waals surface area contributed by atoms with Gasteiger partial charge in [-0.25, -0.2) is 0 Å². The molecule has 1 heterocycles. The number of piperidine rings is 1. The first-order valence-corrected chi connectivity index (χ1v) is 6.43. The molecule has 0 aromatic rings. The minimum atomic E-state index is 0.163. The van der Waals surface area contributed by atoms with Crippen molar-refractivity contribution in [2.24, 2.45) is 17.3 Å². The first kappa shape index (κ1) is 13.5. The summed E-state index contributed by atoms with van der Waals surface area (Å²) in [7, 11) is 0. The molecular weight excluding hydrogens is 200 g/mol. The van der Waals surface area contributed by atoms with E-state index in [1.807, 2.05) is 0 Å². The zero-order valence-electron chi connectivity index (χ0n) is 11.1. The molecule has 3 heteroatoms. The van der Waals surface area contributed by atoms with Crippen LogP contribution in [0.3, 0.4) is 0 Å². The highest BCUT2D eigenvalue weighted by atomic mass is 16.1. The second-order valence-electron chi connectivity index (χ2n) is 5.93. The molecule has 94 valence electrons. The largest absolute Gasteiger partial charge is 0.355 e. The number of amides is 1. The van der Waals surface area contributed by atoms with E-state index in [9.17, 15) is 4.79 Å². The molecule has 0 aliphatic carbocycles. The summed E-state index contributed by atoms with van der Waals surface area (Å²) in [4.78, 5) is 12.0. The highest BCUT2D eigenvalue weighted by Gasteiger charge is 2.25. The van der Waals surface area contributed by atoms with Gasteiger partial charge in [0.25, 0.3) is 0 Å². The van der Waals surface area contributed by atoms with E-state index >= 15 is 0 Å². The van der Waals surface area contributed by atoms with Gasteiger partial charge in [-0.2, -0.15) is 0 Å². The lowest BCUT2D eigenvalue weighted by atomic mass is 9.88. The van der Waals surface area contributed by atoms with Crippen molar-refractivity contribution >= 4 is 5.91 Å². The maximum atomic E-state index is 12.0. The van der Waals surface area contributed by atoms with Crippen LogP contribution in [-0.4, -0.2) is 25.5 Å². The molecule has 0 radical (unpaired) electrons. The van der Waals surface area contributed by atoms with Gasteiger partial charge in [0.05, 0.1) is 5.92 Å². The summed E-state index contributed by atoms with van der Waals surface area (Å²) in [5.41, 5.74) is 0.212. The average molecular weight is 226 g/mol. The molecule has 0 bridgehead atoms. The Morgan fingerprint density at radius 2 is 2.12 bits per heavy atom. The number of nitrogens with one attached hydrogen (secondary N) is 2. The Kier molecular flexibility index (Phi) is 4.78. The van der Waals surface area contributed by atoms with Crippen molar-refractivity contribution in [2.45, 2.75) is 40.5 Å². The van der Waals surface area contributed by atoms with Gasteiger partial charge in [0.1, 0.15) is 0 Å². The van der Waals surface area contributed by atoms with Gasteiger partial charge < -0.3 is 10.6 Å². The smallest absolute Gasteiger partial charge is 0.224 e. The molecule has 2 unspecified atom stereocenters. The summed E-state index contributed by atoms with van der Waals surface area (Å²) >= 11 is 0. The van der Waals surface area contributed by atoms with Crippen LogP contribution in [0.5, 0.6) is 0 Å². The molecule has 1 saturated heterocycles. The number of hydrogen-bond donors (Lipinski definition) is 2. The van der Waals surface area contributed by atoms with Gasteiger partial charge in [-0.15, -0.1) is 0 Å². The average Bonchev–Trinajstić information content (AvgIpc) is 2.26. The van der Waals surface area contributed by atoms with Crippen LogP contribution >= 0.6 is 0 Å². The number of hydrogen-bond acceptors (Lipinski definition) is 2. The number of carbonyl (C=O) groups is 1. The Hall–Kier alpha value is -0.570. The molecule has 0 saturated carbocycles. The van der Waals surface area contributed by atoms with Crippen LogP contribution in [0, 0.1) is 17.3 Å². The first-order chi connectivity index (χ1) is 7.44. The summed E-state index contributed by atoms with van der Waals surface area (Å²) in [6, 6.07) is 0. The second-order valence-corrected chi connectivity index (χ2v) is 5.93. The standard InChI is InChI=1S/C13H26N2O/c1-5-13(3,4)9-15-12(16)11-6-10(2)7-14-8-11/h10-11,14H,5-9H2,1-4H3,(H,15,16). The van der Waals surface area contributed by atoms with Crippen LogP contribution in [0.25, 0.3) is 0 Å². The lowest BCUT2D eigenvalue weighted by molar-refractivity contribution is -0.126. The lowest BCUT2D eigenvalue weighted by Crippen LogP contribution is -2.45. The molecule has 0 aromatic heterocycles. The molecule has 1 aliphatic heterocycles. The third kappa shape index (κ3) is 4.12. The van der Waals surface area contributed by atoms with E-state index in [0.29, 0.717) is 5.92 Å². The van der Waals surface area contributed by atoms with Crippen molar-refractivity contribution in [1.29, 1.82) is 0 Å². The van der Waals surface area contributed by atoms with Gasteiger partial charge in [0.15, 0.2) is 0 Å². The first-order valence-electron chi connectivity index (χ1n) is 6.43. The van der Waals surface area contributed by atoms with E-state index in [2.05, 4.69) is 38.3 Å². The minimum Gasteiger partial charge on any atom is -0.355 e. The molecule has 1 aliphatic rings. The molecule has 2 atom stereocenters. The maximum Gasteiger partial charge on any atom is 0.224 e. The van der Waals surface area contributed by atoms with Crippen LogP contribution in [-0.2, 0) is 4.79 Å². The Morgan fingerprint density at radius 3 is 2.69 bits per heavy atom. The summed E-state index contributed by atoms with van der Waals surface area (Å²) in [5.74, 6) is 1.00. The fourth-order valence-corrected chi connectivity index (χ4v) is 1.95. The van der Waals surface area contributed by atoms with Gasteiger partial charge >= 0.3 is 0 Å². The van der Waals surface area contributed by atoms with E-state index in [1.165, 1.54) is 0 Å². The third-order valence-electron chi connectivity index (χ3n) is 3.64. The molecule has 1 rings (SSSR count). The van der Waals surface area contributed by atoms with Gasteiger partial charge in [-0.1, -0.05) is 27.7 Å². The van der Waals surface area contributed by atoms with Crippen molar-refractivity contribution in [3.05, 3.63) is 0 Å². The van der Waals surface area contributed by atoms with Gasteiger partial charge in [-0.05, 0) is 30.7 Å². The third-order valence-corrected chi connectivity index (χ3v) is 3.64. The van der Waals surface area contributed by atoms with E-state index in [0.717, 1.165) is 32.5 Å². The Morgan fingerprint density at radius 1 is 1.44 bits per heavy atom. The van der Waals surface area contributed by atoms with E-state index in [1.54, 1.807) is 0 Å². The van der Waals surface area contributed by atoms with Crippen LogP contribution in [0.4, 0.5) is 0 Å². The summed E-state index contributed by atoms with van der Waals surface area (Å²) in [6.07, 6.45) is 2.11. The van der Waals surface area contributed by atoms with Crippen molar-refractivity contribution in [3.63, 3.8) is 0 Å². The zero-order valence-corrected chi connectivity index (χ0v) is 11.1. The quantitative estimate of drug-likeness (QED) is 0.767. The zero-order chi connectivity index (χ0) is 12.2. The monoisotopic (exact) mass is 226 g/mol. The van der Waals surface area contributed by atoms with Gasteiger partial charge in [0.2, 0.25) is 5.91 Å². The normalized spacial score (nSPS) is 26.5. The Labute approximate surface area is 99.4 Å². The molecule has 0 spiro atoms. The molecule has 3 nitrogen and oxygen atoms in total. The number of rotatable bonds is 4. The SMILES string of the molecule is CCC(C)(C)CNC(=O)C1CNCC(C)C1. The predicted molar refractivity (Wildman–Crippen MR) is 67.2 cm³/mol. The topological polar surface area (TPSA) is 41.1 Å². The van der Waals surface area contributed by atoms with Gasteiger partial charge in [-0.3, -0.25) is 4.79 Å². The fourth-order valence-electron chi connectivity index (χ4n) is 1.95. The molecule has 2 N–H and O–H groups in total. The van der Waals surface area contributed by atoms with Crippen molar-refractivity contribution in [2.75, 3.05) is 19.6 Å². The highest BCUT2D eigenvalue weighted by Crippen LogP contribution is 2.19. The van der Waals surface area contributed by atoms with Crippen molar-refractivity contribution < 1.29 is 4.79 Å². The van der Waals surface area contributed by atoms with Crippen LogP contribution in [0.1, 0.15) is 40.5 Å².